The van der Waals surface area contributed by atoms with Crippen LogP contribution >= 0.6 is 0 Å². The molecule has 1 rings (SSSR count). The molecule has 2 nitrogen and oxygen atoms in total. The van der Waals surface area contributed by atoms with Gasteiger partial charge in [-0.3, -0.25) is 0 Å². The first kappa shape index (κ1) is 10.8. The van der Waals surface area contributed by atoms with Crippen molar-refractivity contribution < 1.29 is 5.11 Å². The van der Waals surface area contributed by atoms with Gasteiger partial charge in [-0.1, -0.05) is 24.3 Å². The summed E-state index contributed by atoms with van der Waals surface area (Å²) in [5.41, 5.74) is 2.01. The number of benzene rings is 1. The van der Waals surface area contributed by atoms with E-state index in [9.17, 15) is 5.11 Å². The number of rotatable bonds is 4. The van der Waals surface area contributed by atoms with Gasteiger partial charge in [0, 0.05) is 24.8 Å². The molecule has 0 aliphatic carbocycles. The summed E-state index contributed by atoms with van der Waals surface area (Å²) < 4.78 is 0. The van der Waals surface area contributed by atoms with Gasteiger partial charge in [0.05, 0.1) is 6.10 Å². The maximum absolute atomic E-state index is 9.57. The molecule has 0 saturated carbocycles. The molecule has 14 heavy (non-hydrogen) atoms. The summed E-state index contributed by atoms with van der Waals surface area (Å²) in [5, 5.41) is 9.57. The average molecular weight is 191 g/mol. The third kappa shape index (κ3) is 2.36. The van der Waals surface area contributed by atoms with Crippen LogP contribution in [0.5, 0.6) is 0 Å². The molecule has 1 aromatic carbocycles. The quantitative estimate of drug-likeness (QED) is 0.738. The molecule has 1 N–H and O–H groups in total. The number of aliphatic hydroxyl groups is 1. The van der Waals surface area contributed by atoms with Gasteiger partial charge in [0.1, 0.15) is 0 Å². The van der Waals surface area contributed by atoms with Gasteiger partial charge in [-0.15, -0.1) is 6.58 Å². The smallest absolute Gasteiger partial charge is 0.0781 e. The third-order valence-electron chi connectivity index (χ3n) is 2.20. The van der Waals surface area contributed by atoms with Gasteiger partial charge in [0.25, 0.3) is 0 Å². The number of anilines is 1. The molecule has 0 aliphatic heterocycles. The number of para-hydroxylation sites is 1. The Labute approximate surface area is 85.5 Å². The summed E-state index contributed by atoms with van der Waals surface area (Å²) >= 11 is 0. The van der Waals surface area contributed by atoms with Gasteiger partial charge < -0.3 is 10.0 Å². The van der Waals surface area contributed by atoms with Gasteiger partial charge in [0.15, 0.2) is 0 Å². The highest BCUT2D eigenvalue weighted by Crippen LogP contribution is 2.24. The highest BCUT2D eigenvalue weighted by Gasteiger charge is 2.09. The van der Waals surface area contributed by atoms with Crippen LogP contribution in [0.4, 0.5) is 5.69 Å². The van der Waals surface area contributed by atoms with E-state index in [4.69, 9.17) is 0 Å². The lowest BCUT2D eigenvalue weighted by Gasteiger charge is -2.22. The zero-order valence-corrected chi connectivity index (χ0v) is 8.77. The predicted octanol–water partition coefficient (Wildman–Crippen LogP) is 2.36. The highest BCUT2D eigenvalue weighted by molar-refractivity contribution is 5.54. The summed E-state index contributed by atoms with van der Waals surface area (Å²) in [6.45, 7) is 6.26. The molecule has 0 aromatic heterocycles. The second-order valence-electron chi connectivity index (χ2n) is 3.40. The molecule has 2 heteroatoms. The van der Waals surface area contributed by atoms with E-state index in [1.165, 1.54) is 0 Å². The Morgan fingerprint density at radius 2 is 2.14 bits per heavy atom. The summed E-state index contributed by atoms with van der Waals surface area (Å²) in [6.07, 6.45) is 1.41. The van der Waals surface area contributed by atoms with Crippen LogP contribution in [0, 0.1) is 0 Å². The van der Waals surface area contributed by atoms with E-state index in [2.05, 4.69) is 11.5 Å². The Balaban J connectivity index is 2.99. The van der Waals surface area contributed by atoms with Crippen molar-refractivity contribution in [2.75, 3.05) is 18.5 Å². The fraction of sp³-hybridized carbons (Fsp3) is 0.333. The Morgan fingerprint density at radius 1 is 1.50 bits per heavy atom. The summed E-state index contributed by atoms with van der Waals surface area (Å²) in [7, 11) is 1.99. The van der Waals surface area contributed by atoms with Crippen LogP contribution in [-0.4, -0.2) is 18.7 Å². The van der Waals surface area contributed by atoms with E-state index in [1.807, 2.05) is 37.4 Å². The highest BCUT2D eigenvalue weighted by atomic mass is 16.3. The molecular formula is C12H17NO. The van der Waals surface area contributed by atoms with E-state index in [-0.39, 0.29) is 0 Å². The molecule has 0 aliphatic rings. The van der Waals surface area contributed by atoms with Gasteiger partial charge in [-0.2, -0.15) is 0 Å². The SMILES string of the molecule is C=CCN(C)c1ccccc1[C@@H](C)O. The zero-order valence-electron chi connectivity index (χ0n) is 8.77. The first-order chi connectivity index (χ1) is 6.66. The largest absolute Gasteiger partial charge is 0.389 e. The number of hydrogen-bond donors (Lipinski definition) is 1. The minimum atomic E-state index is -0.432. The molecule has 0 unspecified atom stereocenters. The first-order valence-electron chi connectivity index (χ1n) is 4.76. The van der Waals surface area contributed by atoms with Crippen LogP contribution in [0.2, 0.25) is 0 Å². The number of nitrogens with zero attached hydrogens (tertiary/aromatic N) is 1. The average Bonchev–Trinajstić information content (AvgIpc) is 2.18. The molecular weight excluding hydrogens is 174 g/mol. The molecule has 0 spiro atoms. The fourth-order valence-electron chi connectivity index (χ4n) is 1.48. The molecule has 0 radical (unpaired) electrons. The summed E-state index contributed by atoms with van der Waals surface area (Å²) in [4.78, 5) is 2.06. The predicted molar refractivity (Wildman–Crippen MR) is 60.5 cm³/mol. The number of hydrogen-bond acceptors (Lipinski definition) is 2. The van der Waals surface area contributed by atoms with Crippen LogP contribution in [0.1, 0.15) is 18.6 Å². The van der Waals surface area contributed by atoms with Crippen LogP contribution in [-0.2, 0) is 0 Å². The van der Waals surface area contributed by atoms with Gasteiger partial charge in [0.2, 0.25) is 0 Å². The van der Waals surface area contributed by atoms with Crippen molar-refractivity contribution in [3.05, 3.63) is 42.5 Å². The lowest BCUT2D eigenvalue weighted by Crippen LogP contribution is -2.18. The van der Waals surface area contributed by atoms with Gasteiger partial charge in [-0.05, 0) is 13.0 Å². The van der Waals surface area contributed by atoms with E-state index >= 15 is 0 Å². The van der Waals surface area contributed by atoms with Crippen molar-refractivity contribution >= 4 is 5.69 Å². The van der Waals surface area contributed by atoms with Crippen molar-refractivity contribution in [1.82, 2.24) is 0 Å². The molecule has 76 valence electrons. The molecule has 1 atom stereocenters. The van der Waals surface area contributed by atoms with E-state index < -0.39 is 6.10 Å². The molecule has 0 fully saturated rings. The van der Waals surface area contributed by atoms with Crippen molar-refractivity contribution in [2.24, 2.45) is 0 Å². The van der Waals surface area contributed by atoms with Crippen molar-refractivity contribution in [3.8, 4) is 0 Å². The minimum Gasteiger partial charge on any atom is -0.389 e. The van der Waals surface area contributed by atoms with Crippen molar-refractivity contribution in [2.45, 2.75) is 13.0 Å². The van der Waals surface area contributed by atoms with E-state index in [1.54, 1.807) is 6.92 Å². The van der Waals surface area contributed by atoms with Gasteiger partial charge in [-0.25, -0.2) is 0 Å². The van der Waals surface area contributed by atoms with Crippen LogP contribution in [0.3, 0.4) is 0 Å². The number of aliphatic hydroxyl groups excluding tert-OH is 1. The lowest BCUT2D eigenvalue weighted by molar-refractivity contribution is 0.199. The second kappa shape index (κ2) is 4.82. The molecule has 0 heterocycles. The lowest BCUT2D eigenvalue weighted by atomic mass is 10.1. The monoisotopic (exact) mass is 191 g/mol. The van der Waals surface area contributed by atoms with Crippen LogP contribution in [0.15, 0.2) is 36.9 Å². The maximum Gasteiger partial charge on any atom is 0.0781 e. The fourth-order valence-corrected chi connectivity index (χ4v) is 1.48. The Hall–Kier alpha value is -1.28. The van der Waals surface area contributed by atoms with Crippen molar-refractivity contribution in [1.29, 1.82) is 0 Å². The van der Waals surface area contributed by atoms with Crippen molar-refractivity contribution in [3.63, 3.8) is 0 Å². The van der Waals surface area contributed by atoms with Crippen LogP contribution in [0.25, 0.3) is 0 Å². The van der Waals surface area contributed by atoms with E-state index in [0.29, 0.717) is 0 Å². The van der Waals surface area contributed by atoms with E-state index in [0.717, 1.165) is 17.8 Å². The van der Waals surface area contributed by atoms with Gasteiger partial charge >= 0.3 is 0 Å². The molecule has 0 saturated heterocycles. The molecule has 0 bridgehead atoms. The Morgan fingerprint density at radius 3 is 2.71 bits per heavy atom. The molecule has 1 aromatic rings. The third-order valence-corrected chi connectivity index (χ3v) is 2.20. The topological polar surface area (TPSA) is 23.5 Å². The summed E-state index contributed by atoms with van der Waals surface area (Å²) in [6, 6.07) is 7.86. The molecule has 0 amide bonds. The normalized spacial score (nSPS) is 12.2. The Kier molecular flexibility index (Phi) is 3.72. The van der Waals surface area contributed by atoms with Crippen LogP contribution < -0.4 is 4.90 Å². The maximum atomic E-state index is 9.57. The minimum absolute atomic E-state index is 0.432. The standard InChI is InChI=1S/C12H17NO/c1-4-9-13(3)12-8-6-5-7-11(12)10(2)14/h4-8,10,14H,1,9H2,2-3H3/t10-/m1/s1. The first-order valence-corrected chi connectivity index (χ1v) is 4.76. The Bertz CT molecular complexity index is 307. The number of likely N-dealkylation sites (N-methyl/N-ethyl adjacent to an activating group) is 1. The zero-order chi connectivity index (χ0) is 10.6. The summed E-state index contributed by atoms with van der Waals surface area (Å²) in [5.74, 6) is 0. The second-order valence-corrected chi connectivity index (χ2v) is 3.40.